The van der Waals surface area contributed by atoms with E-state index in [1.54, 1.807) is 13.2 Å². The molecule has 2 nitrogen and oxygen atoms in total. The van der Waals surface area contributed by atoms with E-state index in [0.717, 1.165) is 18.7 Å². The summed E-state index contributed by atoms with van der Waals surface area (Å²) < 4.78 is 5.45. The van der Waals surface area contributed by atoms with Crippen LogP contribution in [-0.4, -0.2) is 24.6 Å². The molecule has 1 aliphatic rings. The first-order valence-electron chi connectivity index (χ1n) is 12.0. The number of allylic oxidation sites excluding steroid dienone is 9. The van der Waals surface area contributed by atoms with E-state index in [1.807, 2.05) is 31.2 Å². The first kappa shape index (κ1) is 25.6. The van der Waals surface area contributed by atoms with Crippen molar-refractivity contribution in [3.05, 3.63) is 157 Å². The van der Waals surface area contributed by atoms with Crippen molar-refractivity contribution in [3.8, 4) is 0 Å². The number of benzene rings is 2. The Bertz CT molecular complexity index is 1160. The molecular weight excluding hydrogens is 426 g/mol. The molecule has 0 aliphatic carbocycles. The quantitative estimate of drug-likeness (QED) is 0.247. The van der Waals surface area contributed by atoms with Gasteiger partial charge in [-0.25, -0.2) is 0 Å². The summed E-state index contributed by atoms with van der Waals surface area (Å²) in [6, 6.07) is 21.3. The van der Waals surface area contributed by atoms with Crippen LogP contribution in [0.4, 0.5) is 0 Å². The van der Waals surface area contributed by atoms with Crippen LogP contribution in [0.3, 0.4) is 0 Å². The number of hydrogen-bond acceptors (Lipinski definition) is 2. The molecule has 0 radical (unpaired) electrons. The van der Waals surface area contributed by atoms with Gasteiger partial charge >= 0.3 is 0 Å². The molecule has 0 spiro atoms. The maximum atomic E-state index is 5.45. The Labute approximate surface area is 211 Å². The van der Waals surface area contributed by atoms with Crippen LogP contribution in [0.5, 0.6) is 0 Å². The normalized spacial score (nSPS) is 16.9. The fraction of sp³-hybridized carbons (Fsp3) is 0.152. The SMILES string of the molecule is C=C/C=C(\C=C/CN1C(c2ccccc2)=CC(c2ccccc2)=CC1C/C(C=C)=C/C=C\C)OC. The minimum Gasteiger partial charge on any atom is -0.497 e. The van der Waals surface area contributed by atoms with Gasteiger partial charge in [0.25, 0.3) is 0 Å². The molecule has 2 aromatic carbocycles. The van der Waals surface area contributed by atoms with E-state index in [1.165, 1.54) is 28.0 Å². The van der Waals surface area contributed by atoms with Crippen molar-refractivity contribution < 1.29 is 4.74 Å². The molecule has 1 unspecified atom stereocenters. The Morgan fingerprint density at radius 1 is 0.971 bits per heavy atom. The van der Waals surface area contributed by atoms with Gasteiger partial charge < -0.3 is 9.64 Å². The van der Waals surface area contributed by atoms with Crippen LogP contribution < -0.4 is 0 Å². The van der Waals surface area contributed by atoms with E-state index < -0.39 is 0 Å². The molecule has 0 N–H and O–H groups in total. The second-order valence-corrected chi connectivity index (χ2v) is 8.19. The third-order valence-corrected chi connectivity index (χ3v) is 5.86. The molecule has 2 aromatic rings. The standard InChI is InChI=1S/C33H35NO/c1-5-8-17-27(7-3)24-31-25-30(28-18-11-9-12-19-28)26-33(29-20-13-10-14-21-29)34(31)23-15-22-32(35-4)16-6-2/h5-22,25-26,31H,2-3,23-24H2,1,4H3/b8-5-,22-15-,27-17+,32-16+. The number of nitrogens with zero attached hydrogens (tertiary/aromatic N) is 1. The number of ether oxygens (including phenoxy) is 1. The molecule has 1 heterocycles. The monoisotopic (exact) mass is 461 g/mol. The average molecular weight is 462 g/mol. The molecule has 35 heavy (non-hydrogen) atoms. The van der Waals surface area contributed by atoms with Crippen LogP contribution >= 0.6 is 0 Å². The van der Waals surface area contributed by atoms with Crippen LogP contribution in [0, 0.1) is 0 Å². The zero-order valence-electron chi connectivity index (χ0n) is 20.8. The summed E-state index contributed by atoms with van der Waals surface area (Å²) in [5, 5.41) is 0. The van der Waals surface area contributed by atoms with Gasteiger partial charge in [-0.3, -0.25) is 0 Å². The van der Waals surface area contributed by atoms with Gasteiger partial charge in [0, 0.05) is 12.2 Å². The highest BCUT2D eigenvalue weighted by Gasteiger charge is 2.25. The van der Waals surface area contributed by atoms with Gasteiger partial charge in [-0.15, -0.1) is 0 Å². The first-order valence-corrected chi connectivity index (χ1v) is 12.0. The second kappa shape index (κ2) is 13.6. The Morgan fingerprint density at radius 3 is 2.26 bits per heavy atom. The molecule has 2 heteroatoms. The molecule has 1 atom stereocenters. The summed E-state index contributed by atoms with van der Waals surface area (Å²) in [5.41, 5.74) is 6.04. The molecule has 0 saturated carbocycles. The second-order valence-electron chi connectivity index (χ2n) is 8.19. The van der Waals surface area contributed by atoms with Gasteiger partial charge in [-0.2, -0.15) is 0 Å². The Hall–Kier alpha value is -4.04. The first-order chi connectivity index (χ1) is 17.2. The maximum Gasteiger partial charge on any atom is 0.118 e. The average Bonchev–Trinajstić information content (AvgIpc) is 2.91. The van der Waals surface area contributed by atoms with Crippen molar-refractivity contribution in [2.24, 2.45) is 0 Å². The van der Waals surface area contributed by atoms with E-state index in [4.69, 9.17) is 4.74 Å². The van der Waals surface area contributed by atoms with E-state index in [2.05, 4.69) is 109 Å². The number of hydrogen-bond donors (Lipinski definition) is 0. The lowest BCUT2D eigenvalue weighted by Gasteiger charge is -2.37. The van der Waals surface area contributed by atoms with Gasteiger partial charge in [0.1, 0.15) is 5.76 Å². The van der Waals surface area contributed by atoms with Crippen molar-refractivity contribution >= 4 is 11.3 Å². The highest BCUT2D eigenvalue weighted by atomic mass is 16.5. The summed E-state index contributed by atoms with van der Waals surface area (Å²) in [6.45, 7) is 10.6. The molecule has 1 aliphatic heterocycles. The van der Waals surface area contributed by atoms with Crippen molar-refractivity contribution in [1.82, 2.24) is 4.90 Å². The zero-order valence-corrected chi connectivity index (χ0v) is 20.8. The van der Waals surface area contributed by atoms with Gasteiger partial charge in [0.2, 0.25) is 0 Å². The third-order valence-electron chi connectivity index (χ3n) is 5.86. The number of methoxy groups -OCH3 is 1. The van der Waals surface area contributed by atoms with Crippen LogP contribution in [-0.2, 0) is 4.74 Å². The molecule has 0 fully saturated rings. The van der Waals surface area contributed by atoms with Crippen LogP contribution in [0.2, 0.25) is 0 Å². The molecule has 178 valence electrons. The molecule has 3 rings (SSSR count). The summed E-state index contributed by atoms with van der Waals surface area (Å²) in [5.74, 6) is 0.777. The Balaban J connectivity index is 2.08. The van der Waals surface area contributed by atoms with Crippen molar-refractivity contribution in [2.75, 3.05) is 13.7 Å². The van der Waals surface area contributed by atoms with E-state index in [0.29, 0.717) is 0 Å². The molecule has 0 saturated heterocycles. The molecule has 0 amide bonds. The summed E-state index contributed by atoms with van der Waals surface area (Å²) in [6.07, 6.45) is 21.5. The molecular formula is C33H35NO. The van der Waals surface area contributed by atoms with E-state index >= 15 is 0 Å². The smallest absolute Gasteiger partial charge is 0.118 e. The predicted molar refractivity (Wildman–Crippen MR) is 151 cm³/mol. The zero-order chi connectivity index (χ0) is 24.9. The fourth-order valence-electron chi connectivity index (χ4n) is 4.10. The van der Waals surface area contributed by atoms with Crippen LogP contribution in [0.1, 0.15) is 24.5 Å². The predicted octanol–water partition coefficient (Wildman–Crippen LogP) is 8.15. The molecule has 0 bridgehead atoms. The van der Waals surface area contributed by atoms with Gasteiger partial charge in [0.15, 0.2) is 0 Å². The molecule has 0 aromatic heterocycles. The van der Waals surface area contributed by atoms with Crippen molar-refractivity contribution in [1.29, 1.82) is 0 Å². The minimum atomic E-state index is 0.152. The van der Waals surface area contributed by atoms with Crippen molar-refractivity contribution in [3.63, 3.8) is 0 Å². The lowest BCUT2D eigenvalue weighted by molar-refractivity contribution is 0.306. The van der Waals surface area contributed by atoms with E-state index in [-0.39, 0.29) is 6.04 Å². The topological polar surface area (TPSA) is 12.5 Å². The fourth-order valence-corrected chi connectivity index (χ4v) is 4.10. The third kappa shape index (κ3) is 7.22. The van der Waals surface area contributed by atoms with E-state index in [9.17, 15) is 0 Å². The Kier molecular flexibility index (Phi) is 9.95. The largest absolute Gasteiger partial charge is 0.497 e. The summed E-state index contributed by atoms with van der Waals surface area (Å²) in [4.78, 5) is 2.45. The lowest BCUT2D eigenvalue weighted by atomic mass is 9.91. The van der Waals surface area contributed by atoms with Gasteiger partial charge in [-0.1, -0.05) is 116 Å². The highest BCUT2D eigenvalue weighted by Crippen LogP contribution is 2.34. The van der Waals surface area contributed by atoms with Crippen LogP contribution in [0.25, 0.3) is 11.3 Å². The number of rotatable bonds is 11. The summed E-state index contributed by atoms with van der Waals surface area (Å²) >= 11 is 0. The Morgan fingerprint density at radius 2 is 1.66 bits per heavy atom. The highest BCUT2D eigenvalue weighted by molar-refractivity contribution is 5.86. The van der Waals surface area contributed by atoms with Crippen LogP contribution in [0.15, 0.2) is 146 Å². The summed E-state index contributed by atoms with van der Waals surface area (Å²) in [7, 11) is 1.68. The van der Waals surface area contributed by atoms with Gasteiger partial charge in [-0.05, 0) is 53.8 Å². The van der Waals surface area contributed by atoms with Gasteiger partial charge in [0.05, 0.1) is 13.2 Å². The lowest BCUT2D eigenvalue weighted by Crippen LogP contribution is -2.35. The van der Waals surface area contributed by atoms with Crippen molar-refractivity contribution in [2.45, 2.75) is 19.4 Å². The minimum absolute atomic E-state index is 0.152. The maximum absolute atomic E-state index is 5.45.